The van der Waals surface area contributed by atoms with E-state index < -0.39 is 27.2 Å². The lowest BCUT2D eigenvalue weighted by molar-refractivity contribution is 0.102. The molecule has 3 N–H and O–H groups in total. The first-order chi connectivity index (χ1) is 16.3. The molecule has 4 rings (SSSR count). The molecule has 0 bridgehead atoms. The Hall–Kier alpha value is -4.10. The average molecular weight is 474 g/mol. The van der Waals surface area contributed by atoms with Crippen LogP contribution in [0.5, 0.6) is 11.5 Å². The molecule has 0 aliphatic carbocycles. The number of aryl methyl sites for hydroxylation is 2. The van der Waals surface area contributed by atoms with E-state index in [9.17, 15) is 23.4 Å². The molecule has 34 heavy (non-hydrogen) atoms. The molecule has 6 nitrogen and oxygen atoms in total. The van der Waals surface area contributed by atoms with Crippen molar-refractivity contribution in [2.24, 2.45) is 0 Å². The summed E-state index contributed by atoms with van der Waals surface area (Å²) in [6, 6.07) is 26.6. The van der Waals surface area contributed by atoms with Gasteiger partial charge in [0.2, 0.25) is 9.84 Å². The average Bonchev–Trinajstić information content (AvgIpc) is 2.86. The third-order valence-corrected chi connectivity index (χ3v) is 7.16. The Morgan fingerprint density at radius 2 is 1.32 bits per heavy atom. The van der Waals surface area contributed by atoms with E-state index in [1.165, 1.54) is 42.5 Å². The number of anilines is 1. The maximum Gasteiger partial charge on any atom is 0.259 e. The highest BCUT2D eigenvalue weighted by molar-refractivity contribution is 7.91. The van der Waals surface area contributed by atoms with Crippen LogP contribution >= 0.6 is 0 Å². The van der Waals surface area contributed by atoms with Crippen molar-refractivity contribution in [3.8, 4) is 11.5 Å². The van der Waals surface area contributed by atoms with Gasteiger partial charge in [0.15, 0.2) is 11.5 Å². The molecule has 0 aliphatic rings. The molecule has 0 radical (unpaired) electrons. The molecule has 0 fully saturated rings. The highest BCUT2D eigenvalue weighted by Crippen LogP contribution is 2.32. The largest absolute Gasteiger partial charge is 0.504 e. The number of amides is 1. The molecular weight excluding hydrogens is 450 g/mol. The van der Waals surface area contributed by atoms with Gasteiger partial charge in [-0.2, -0.15) is 0 Å². The number of benzene rings is 4. The molecule has 0 unspecified atom stereocenters. The fraction of sp³-hybridized carbons (Fsp3) is 0.0741. The topological polar surface area (TPSA) is 104 Å². The summed E-state index contributed by atoms with van der Waals surface area (Å²) in [5.41, 5.74) is 1.94. The van der Waals surface area contributed by atoms with E-state index in [0.29, 0.717) is 18.4 Å². The Balaban J connectivity index is 1.56. The number of nitrogens with one attached hydrogen (secondary N) is 1. The highest BCUT2D eigenvalue weighted by atomic mass is 32.2. The Bertz CT molecular complexity index is 1420. The Morgan fingerprint density at radius 3 is 2.03 bits per heavy atom. The van der Waals surface area contributed by atoms with E-state index in [1.807, 2.05) is 30.3 Å². The summed E-state index contributed by atoms with van der Waals surface area (Å²) < 4.78 is 25.8. The first-order valence-corrected chi connectivity index (χ1v) is 12.1. The maximum atomic E-state index is 12.9. The van der Waals surface area contributed by atoms with Gasteiger partial charge in [-0.15, -0.1) is 0 Å². The van der Waals surface area contributed by atoms with E-state index in [-0.39, 0.29) is 21.0 Å². The van der Waals surface area contributed by atoms with Gasteiger partial charge < -0.3 is 15.5 Å². The maximum absolute atomic E-state index is 12.9. The van der Waals surface area contributed by atoms with Gasteiger partial charge in [-0.25, -0.2) is 8.42 Å². The van der Waals surface area contributed by atoms with Crippen LogP contribution in [0, 0.1) is 0 Å². The van der Waals surface area contributed by atoms with Gasteiger partial charge in [-0.05, 0) is 66.4 Å². The normalized spacial score (nSPS) is 11.2. The van der Waals surface area contributed by atoms with Crippen LogP contribution in [0.2, 0.25) is 0 Å². The molecule has 0 heterocycles. The molecule has 4 aromatic carbocycles. The summed E-state index contributed by atoms with van der Waals surface area (Å²) in [5.74, 6) is -1.59. The van der Waals surface area contributed by atoms with Gasteiger partial charge >= 0.3 is 0 Å². The monoisotopic (exact) mass is 473 g/mol. The van der Waals surface area contributed by atoms with Crippen molar-refractivity contribution in [3.05, 3.63) is 114 Å². The summed E-state index contributed by atoms with van der Waals surface area (Å²) in [7, 11) is -3.76. The van der Waals surface area contributed by atoms with E-state index in [2.05, 4.69) is 5.32 Å². The predicted molar refractivity (Wildman–Crippen MR) is 130 cm³/mol. The standard InChI is InChI=1S/C27H23NO5S/c29-25-17-20(15-14-19-8-3-1-4-9-19)16-24(26(25)30)27(31)28-21-10-7-13-23(18-21)34(32,33)22-11-5-2-6-12-22/h1-13,16-18,29-30H,14-15H2,(H,28,31). The van der Waals surface area contributed by atoms with Crippen LogP contribution < -0.4 is 5.32 Å². The fourth-order valence-corrected chi connectivity index (χ4v) is 4.93. The van der Waals surface area contributed by atoms with E-state index >= 15 is 0 Å². The van der Waals surface area contributed by atoms with Crippen molar-refractivity contribution in [2.75, 3.05) is 5.32 Å². The number of carbonyl (C=O) groups excluding carboxylic acids is 1. The number of sulfone groups is 1. The minimum Gasteiger partial charge on any atom is -0.504 e. The number of carbonyl (C=O) groups is 1. The zero-order chi connectivity index (χ0) is 24.1. The van der Waals surface area contributed by atoms with Crippen molar-refractivity contribution in [1.82, 2.24) is 0 Å². The minimum absolute atomic E-state index is 0.0279. The second-order valence-corrected chi connectivity index (χ2v) is 9.74. The van der Waals surface area contributed by atoms with Crippen LogP contribution in [0.25, 0.3) is 0 Å². The molecule has 0 aromatic heterocycles. The van der Waals surface area contributed by atoms with Crippen LogP contribution in [0.15, 0.2) is 107 Å². The Morgan fingerprint density at radius 1 is 0.706 bits per heavy atom. The lowest BCUT2D eigenvalue weighted by Gasteiger charge is -2.12. The number of phenols is 2. The lowest BCUT2D eigenvalue weighted by Crippen LogP contribution is -2.13. The summed E-state index contributed by atoms with van der Waals surface area (Å²) in [4.78, 5) is 13.1. The fourth-order valence-electron chi connectivity index (χ4n) is 3.60. The van der Waals surface area contributed by atoms with Crippen LogP contribution in [0.3, 0.4) is 0 Å². The zero-order valence-electron chi connectivity index (χ0n) is 18.2. The molecule has 0 saturated heterocycles. The molecule has 0 saturated carbocycles. The zero-order valence-corrected chi connectivity index (χ0v) is 19.0. The quantitative estimate of drug-likeness (QED) is 0.329. The molecule has 0 atom stereocenters. The smallest absolute Gasteiger partial charge is 0.259 e. The first-order valence-electron chi connectivity index (χ1n) is 10.6. The summed E-state index contributed by atoms with van der Waals surface area (Å²) >= 11 is 0. The van der Waals surface area contributed by atoms with Crippen molar-refractivity contribution < 1.29 is 23.4 Å². The van der Waals surface area contributed by atoms with E-state index in [4.69, 9.17) is 0 Å². The molecule has 0 aliphatic heterocycles. The van der Waals surface area contributed by atoms with E-state index in [0.717, 1.165) is 5.56 Å². The van der Waals surface area contributed by atoms with Crippen molar-refractivity contribution in [1.29, 1.82) is 0 Å². The third kappa shape index (κ3) is 5.10. The second-order valence-electron chi connectivity index (χ2n) is 7.80. The number of aromatic hydroxyl groups is 2. The molecule has 7 heteroatoms. The van der Waals surface area contributed by atoms with E-state index in [1.54, 1.807) is 24.3 Å². The summed E-state index contributed by atoms with van der Waals surface area (Å²) in [6.07, 6.45) is 1.26. The molecule has 0 spiro atoms. The predicted octanol–water partition coefficient (Wildman–Crippen LogP) is 4.97. The van der Waals surface area contributed by atoms with Gasteiger partial charge in [0.25, 0.3) is 5.91 Å². The van der Waals surface area contributed by atoms with Gasteiger partial charge in [-0.3, -0.25) is 4.79 Å². The number of phenolic OH excluding ortho intramolecular Hbond substituents is 2. The molecule has 172 valence electrons. The molecule has 4 aromatic rings. The van der Waals surface area contributed by atoms with Crippen LogP contribution in [-0.4, -0.2) is 24.5 Å². The van der Waals surface area contributed by atoms with Crippen molar-refractivity contribution in [3.63, 3.8) is 0 Å². The number of rotatable bonds is 7. The number of hydrogen-bond donors (Lipinski definition) is 3. The van der Waals surface area contributed by atoms with Crippen LogP contribution in [0.1, 0.15) is 21.5 Å². The lowest BCUT2D eigenvalue weighted by atomic mass is 10.0. The van der Waals surface area contributed by atoms with Crippen LogP contribution in [0.4, 0.5) is 5.69 Å². The Kier molecular flexibility index (Phi) is 6.65. The second kappa shape index (κ2) is 9.80. The van der Waals surface area contributed by atoms with Crippen molar-refractivity contribution >= 4 is 21.4 Å². The first kappa shape index (κ1) is 23.1. The van der Waals surface area contributed by atoms with Gasteiger partial charge in [0, 0.05) is 5.69 Å². The van der Waals surface area contributed by atoms with Gasteiger partial charge in [-0.1, -0.05) is 54.6 Å². The number of hydrogen-bond acceptors (Lipinski definition) is 5. The van der Waals surface area contributed by atoms with Gasteiger partial charge in [0.1, 0.15) is 0 Å². The van der Waals surface area contributed by atoms with Crippen LogP contribution in [-0.2, 0) is 22.7 Å². The van der Waals surface area contributed by atoms with Crippen molar-refractivity contribution in [2.45, 2.75) is 22.6 Å². The SMILES string of the molecule is O=C(Nc1cccc(S(=O)(=O)c2ccccc2)c1)c1cc(CCc2ccccc2)cc(O)c1O. The summed E-state index contributed by atoms with van der Waals surface area (Å²) in [5, 5.41) is 23.1. The molecular formula is C27H23NO5S. The van der Waals surface area contributed by atoms with Gasteiger partial charge in [0.05, 0.1) is 15.4 Å². The third-order valence-electron chi connectivity index (χ3n) is 5.40. The minimum atomic E-state index is -3.76. The summed E-state index contributed by atoms with van der Waals surface area (Å²) in [6.45, 7) is 0. The Labute approximate surface area is 198 Å². The highest BCUT2D eigenvalue weighted by Gasteiger charge is 2.20. The molecule has 1 amide bonds.